The topological polar surface area (TPSA) is 41.5 Å². The molecular weight excluding hydrogens is 298 g/mol. The van der Waals surface area contributed by atoms with Gasteiger partial charge in [0.05, 0.1) is 13.2 Å². The molecule has 1 aliphatic carbocycles. The number of aliphatic hydroxyl groups is 1. The minimum atomic E-state index is -0.467. The summed E-state index contributed by atoms with van der Waals surface area (Å²) in [6.45, 7) is 4.40. The smallest absolute Gasteiger partial charge is 0.119 e. The molecule has 2 aromatic carbocycles. The van der Waals surface area contributed by atoms with E-state index < -0.39 is 6.23 Å². The van der Waals surface area contributed by atoms with E-state index in [-0.39, 0.29) is 6.04 Å². The molecule has 128 valence electrons. The molecule has 0 bridgehead atoms. The Morgan fingerprint density at radius 2 is 1.67 bits per heavy atom. The summed E-state index contributed by atoms with van der Waals surface area (Å²) >= 11 is 0. The van der Waals surface area contributed by atoms with Gasteiger partial charge >= 0.3 is 0 Å². The number of ether oxygens (including phenoxy) is 1. The highest BCUT2D eigenvalue weighted by molar-refractivity contribution is 5.38. The second-order valence-electron chi connectivity index (χ2n) is 6.98. The number of nitrogens with one attached hydrogen (secondary N) is 1. The number of methoxy groups -OCH3 is 1. The van der Waals surface area contributed by atoms with Crippen LogP contribution in [0.4, 0.5) is 0 Å². The molecule has 1 saturated carbocycles. The highest BCUT2D eigenvalue weighted by Gasteiger charge is 2.31. The molecular formula is C21H27NO2. The van der Waals surface area contributed by atoms with Gasteiger partial charge in [0.2, 0.25) is 0 Å². The maximum atomic E-state index is 10.4. The third kappa shape index (κ3) is 3.97. The van der Waals surface area contributed by atoms with Crippen molar-refractivity contribution in [1.82, 2.24) is 5.32 Å². The van der Waals surface area contributed by atoms with Gasteiger partial charge in [0, 0.05) is 0 Å². The molecule has 0 saturated heterocycles. The van der Waals surface area contributed by atoms with Gasteiger partial charge in [-0.3, -0.25) is 5.32 Å². The first-order valence-corrected chi connectivity index (χ1v) is 8.76. The SMILES string of the molecule is COc1cccc([C@H](NC(O)C2CC2)c2ccc(C(C)C)cc2)c1. The number of hydrogen-bond donors (Lipinski definition) is 2. The first-order chi connectivity index (χ1) is 11.6. The lowest BCUT2D eigenvalue weighted by Crippen LogP contribution is -2.35. The van der Waals surface area contributed by atoms with Crippen LogP contribution in [0.5, 0.6) is 5.75 Å². The minimum absolute atomic E-state index is 0.0445. The Morgan fingerprint density at radius 3 is 2.25 bits per heavy atom. The minimum Gasteiger partial charge on any atom is -0.497 e. The van der Waals surface area contributed by atoms with E-state index in [4.69, 9.17) is 4.74 Å². The van der Waals surface area contributed by atoms with Crippen molar-refractivity contribution in [3.05, 3.63) is 65.2 Å². The second-order valence-corrected chi connectivity index (χ2v) is 6.98. The quantitative estimate of drug-likeness (QED) is 0.749. The predicted molar refractivity (Wildman–Crippen MR) is 97.2 cm³/mol. The summed E-state index contributed by atoms with van der Waals surface area (Å²) in [5, 5.41) is 13.8. The molecule has 0 aromatic heterocycles. The Bertz CT molecular complexity index is 662. The highest BCUT2D eigenvalue weighted by Crippen LogP contribution is 2.34. The highest BCUT2D eigenvalue weighted by atomic mass is 16.5. The molecule has 3 nitrogen and oxygen atoms in total. The lowest BCUT2D eigenvalue weighted by Gasteiger charge is -2.24. The Kier molecular flexibility index (Phi) is 5.22. The molecule has 24 heavy (non-hydrogen) atoms. The summed E-state index contributed by atoms with van der Waals surface area (Å²) in [6.07, 6.45) is 1.74. The second kappa shape index (κ2) is 7.37. The summed E-state index contributed by atoms with van der Waals surface area (Å²) in [7, 11) is 1.68. The van der Waals surface area contributed by atoms with Crippen LogP contribution < -0.4 is 10.1 Å². The molecule has 1 aliphatic rings. The van der Waals surface area contributed by atoms with Crippen molar-refractivity contribution in [1.29, 1.82) is 0 Å². The number of rotatable bonds is 7. The van der Waals surface area contributed by atoms with Crippen LogP contribution in [-0.4, -0.2) is 18.4 Å². The normalized spacial score (nSPS) is 16.9. The van der Waals surface area contributed by atoms with Crippen molar-refractivity contribution in [3.63, 3.8) is 0 Å². The van der Waals surface area contributed by atoms with Crippen molar-refractivity contribution in [2.24, 2.45) is 5.92 Å². The van der Waals surface area contributed by atoms with Crippen LogP contribution in [0.25, 0.3) is 0 Å². The van der Waals surface area contributed by atoms with Crippen molar-refractivity contribution in [2.45, 2.75) is 44.9 Å². The molecule has 1 unspecified atom stereocenters. The summed E-state index contributed by atoms with van der Waals surface area (Å²) < 4.78 is 5.37. The zero-order valence-electron chi connectivity index (χ0n) is 14.7. The molecule has 3 heteroatoms. The Morgan fingerprint density at radius 1 is 1.00 bits per heavy atom. The summed E-state index contributed by atoms with van der Waals surface area (Å²) in [4.78, 5) is 0. The lowest BCUT2D eigenvalue weighted by molar-refractivity contribution is 0.106. The Labute approximate surface area is 144 Å². The standard InChI is InChI=1S/C21H27NO2/c1-14(2)15-7-9-16(10-8-15)20(22-21(23)17-11-12-17)18-5-4-6-19(13-18)24-3/h4-10,13-14,17,20-23H,11-12H2,1-3H3/t20-,21?/m1/s1. The van der Waals surface area contributed by atoms with E-state index in [1.165, 1.54) is 5.56 Å². The number of hydrogen-bond acceptors (Lipinski definition) is 3. The van der Waals surface area contributed by atoms with E-state index >= 15 is 0 Å². The summed E-state index contributed by atoms with van der Waals surface area (Å²) in [5.41, 5.74) is 3.59. The van der Waals surface area contributed by atoms with E-state index in [1.807, 2.05) is 18.2 Å². The van der Waals surface area contributed by atoms with Crippen LogP contribution >= 0.6 is 0 Å². The number of benzene rings is 2. The largest absolute Gasteiger partial charge is 0.497 e. The fourth-order valence-corrected chi connectivity index (χ4v) is 3.00. The van der Waals surface area contributed by atoms with E-state index in [9.17, 15) is 5.11 Å². The zero-order valence-corrected chi connectivity index (χ0v) is 14.7. The molecule has 2 N–H and O–H groups in total. The fraction of sp³-hybridized carbons (Fsp3) is 0.429. The van der Waals surface area contributed by atoms with Gasteiger partial charge in [-0.15, -0.1) is 0 Å². The van der Waals surface area contributed by atoms with Crippen LogP contribution in [0.15, 0.2) is 48.5 Å². The first kappa shape index (κ1) is 17.0. The van der Waals surface area contributed by atoms with Gasteiger partial charge in [0.15, 0.2) is 0 Å². The summed E-state index contributed by atoms with van der Waals surface area (Å²) in [6, 6.07) is 16.7. The molecule has 0 radical (unpaired) electrons. The Hall–Kier alpha value is -1.84. The van der Waals surface area contributed by atoms with Gasteiger partial charge in [-0.2, -0.15) is 0 Å². The van der Waals surface area contributed by atoms with Crippen molar-refractivity contribution < 1.29 is 9.84 Å². The average molecular weight is 325 g/mol. The van der Waals surface area contributed by atoms with Crippen LogP contribution in [-0.2, 0) is 0 Å². The number of aliphatic hydroxyl groups excluding tert-OH is 1. The first-order valence-electron chi connectivity index (χ1n) is 8.76. The monoisotopic (exact) mass is 325 g/mol. The van der Waals surface area contributed by atoms with Gasteiger partial charge in [-0.05, 0) is 53.5 Å². The van der Waals surface area contributed by atoms with Crippen molar-refractivity contribution in [3.8, 4) is 5.75 Å². The Balaban J connectivity index is 1.90. The third-order valence-corrected chi connectivity index (χ3v) is 4.77. The molecule has 3 rings (SSSR count). The maximum Gasteiger partial charge on any atom is 0.119 e. The lowest BCUT2D eigenvalue weighted by atomic mass is 9.95. The fourth-order valence-electron chi connectivity index (χ4n) is 3.00. The van der Waals surface area contributed by atoms with Crippen LogP contribution in [0.3, 0.4) is 0 Å². The van der Waals surface area contributed by atoms with Gasteiger partial charge in [0.25, 0.3) is 0 Å². The van der Waals surface area contributed by atoms with E-state index in [2.05, 4.69) is 49.5 Å². The van der Waals surface area contributed by atoms with E-state index in [1.54, 1.807) is 7.11 Å². The van der Waals surface area contributed by atoms with Crippen molar-refractivity contribution in [2.75, 3.05) is 7.11 Å². The average Bonchev–Trinajstić information content (AvgIpc) is 3.45. The molecule has 2 aromatic rings. The van der Waals surface area contributed by atoms with Gasteiger partial charge in [-0.25, -0.2) is 0 Å². The molecule has 0 aliphatic heterocycles. The molecule has 1 fully saturated rings. The van der Waals surface area contributed by atoms with E-state index in [0.29, 0.717) is 11.8 Å². The molecule has 0 amide bonds. The van der Waals surface area contributed by atoms with Crippen LogP contribution in [0.2, 0.25) is 0 Å². The van der Waals surface area contributed by atoms with Crippen LogP contribution in [0.1, 0.15) is 55.3 Å². The molecule has 2 atom stereocenters. The predicted octanol–water partition coefficient (Wildman–Crippen LogP) is 4.23. The van der Waals surface area contributed by atoms with Gasteiger partial charge in [-0.1, -0.05) is 50.2 Å². The van der Waals surface area contributed by atoms with Crippen LogP contribution in [0, 0.1) is 5.92 Å². The van der Waals surface area contributed by atoms with E-state index in [0.717, 1.165) is 29.7 Å². The molecule has 0 heterocycles. The summed E-state index contributed by atoms with van der Waals surface area (Å²) in [5.74, 6) is 1.73. The third-order valence-electron chi connectivity index (χ3n) is 4.77. The van der Waals surface area contributed by atoms with Gasteiger partial charge in [0.1, 0.15) is 12.0 Å². The maximum absolute atomic E-state index is 10.4. The van der Waals surface area contributed by atoms with Crippen molar-refractivity contribution >= 4 is 0 Å². The van der Waals surface area contributed by atoms with Gasteiger partial charge < -0.3 is 9.84 Å². The zero-order chi connectivity index (χ0) is 17.1. The molecule has 0 spiro atoms.